The van der Waals surface area contributed by atoms with Gasteiger partial charge in [0, 0.05) is 18.1 Å². The number of fused-ring (bicyclic) bond motifs is 1. The van der Waals surface area contributed by atoms with Crippen LogP contribution in [0.3, 0.4) is 0 Å². The second kappa shape index (κ2) is 4.89. The van der Waals surface area contributed by atoms with Crippen molar-refractivity contribution in [2.45, 2.75) is 75.8 Å². The predicted molar refractivity (Wildman–Crippen MR) is 71.9 cm³/mol. The third kappa shape index (κ3) is 2.53. The molecule has 0 radical (unpaired) electrons. The summed E-state index contributed by atoms with van der Waals surface area (Å²) in [7, 11) is 0. The van der Waals surface area contributed by atoms with E-state index >= 15 is 0 Å². The third-order valence-corrected chi connectivity index (χ3v) is 5.60. The van der Waals surface area contributed by atoms with Crippen LogP contribution in [0.1, 0.15) is 64.2 Å². The molecule has 2 heteroatoms. The van der Waals surface area contributed by atoms with E-state index in [1.54, 1.807) is 0 Å². The summed E-state index contributed by atoms with van der Waals surface area (Å²) < 4.78 is 0. The third-order valence-electron chi connectivity index (χ3n) is 5.60. The van der Waals surface area contributed by atoms with E-state index in [0.717, 1.165) is 12.0 Å². The number of hydrogen-bond donors (Lipinski definition) is 1. The van der Waals surface area contributed by atoms with Crippen molar-refractivity contribution in [2.24, 2.45) is 11.7 Å². The van der Waals surface area contributed by atoms with Gasteiger partial charge in [-0.25, -0.2) is 0 Å². The standard InChI is InChI=1S/C15H28N2/c16-15(8-1-2-9-15)10-12-17-11-4-6-13-5-3-7-14(13)17/h13-14H,1-12,16H2. The molecule has 2 nitrogen and oxygen atoms in total. The van der Waals surface area contributed by atoms with Crippen molar-refractivity contribution in [2.75, 3.05) is 13.1 Å². The highest BCUT2D eigenvalue weighted by Crippen LogP contribution is 2.38. The Hall–Kier alpha value is -0.0800. The zero-order chi connectivity index (χ0) is 11.7. The van der Waals surface area contributed by atoms with Gasteiger partial charge in [-0.1, -0.05) is 19.3 Å². The number of hydrogen-bond acceptors (Lipinski definition) is 2. The molecule has 1 saturated heterocycles. The van der Waals surface area contributed by atoms with E-state index in [4.69, 9.17) is 5.73 Å². The van der Waals surface area contributed by atoms with E-state index in [-0.39, 0.29) is 5.54 Å². The Labute approximate surface area is 106 Å². The molecule has 0 aromatic heterocycles. The average Bonchev–Trinajstić information content (AvgIpc) is 2.95. The lowest BCUT2D eigenvalue weighted by Crippen LogP contribution is -2.47. The number of likely N-dealkylation sites (tertiary alicyclic amines) is 1. The Morgan fingerprint density at radius 3 is 2.59 bits per heavy atom. The predicted octanol–water partition coefficient (Wildman–Crippen LogP) is 2.91. The van der Waals surface area contributed by atoms with Crippen LogP contribution >= 0.6 is 0 Å². The molecular formula is C15H28N2. The molecule has 3 rings (SSSR count). The lowest BCUT2D eigenvalue weighted by molar-refractivity contribution is 0.103. The molecule has 2 saturated carbocycles. The van der Waals surface area contributed by atoms with Crippen molar-refractivity contribution in [3.05, 3.63) is 0 Å². The van der Waals surface area contributed by atoms with Crippen LogP contribution in [0, 0.1) is 5.92 Å². The summed E-state index contributed by atoms with van der Waals surface area (Å²) in [6.45, 7) is 2.62. The van der Waals surface area contributed by atoms with Crippen molar-refractivity contribution in [3.63, 3.8) is 0 Å². The maximum absolute atomic E-state index is 6.49. The lowest BCUT2D eigenvalue weighted by atomic mass is 9.89. The van der Waals surface area contributed by atoms with E-state index in [1.165, 1.54) is 77.3 Å². The van der Waals surface area contributed by atoms with Crippen LogP contribution in [0.2, 0.25) is 0 Å². The summed E-state index contributed by atoms with van der Waals surface area (Å²) in [6.07, 6.45) is 13.9. The lowest BCUT2D eigenvalue weighted by Gasteiger charge is -2.39. The maximum atomic E-state index is 6.49. The molecule has 2 N–H and O–H groups in total. The van der Waals surface area contributed by atoms with Crippen LogP contribution in [-0.4, -0.2) is 29.6 Å². The van der Waals surface area contributed by atoms with Crippen molar-refractivity contribution in [1.29, 1.82) is 0 Å². The van der Waals surface area contributed by atoms with Gasteiger partial charge in [0.15, 0.2) is 0 Å². The summed E-state index contributed by atoms with van der Waals surface area (Å²) in [5.74, 6) is 1.03. The molecule has 3 fully saturated rings. The van der Waals surface area contributed by atoms with Gasteiger partial charge >= 0.3 is 0 Å². The molecule has 3 aliphatic rings. The Morgan fingerprint density at radius 2 is 1.76 bits per heavy atom. The topological polar surface area (TPSA) is 29.3 Å². The molecule has 1 aliphatic heterocycles. The van der Waals surface area contributed by atoms with E-state index < -0.39 is 0 Å². The summed E-state index contributed by atoms with van der Waals surface area (Å²) in [4.78, 5) is 2.79. The highest BCUT2D eigenvalue weighted by molar-refractivity contribution is 4.93. The maximum Gasteiger partial charge on any atom is 0.0166 e. The van der Waals surface area contributed by atoms with Crippen LogP contribution in [-0.2, 0) is 0 Å². The molecule has 98 valence electrons. The first kappa shape index (κ1) is 12.0. The molecule has 0 bridgehead atoms. The second-order valence-electron chi connectivity index (χ2n) is 6.76. The van der Waals surface area contributed by atoms with Gasteiger partial charge in [0.2, 0.25) is 0 Å². The van der Waals surface area contributed by atoms with E-state index in [0.29, 0.717) is 0 Å². The molecule has 0 spiro atoms. The van der Waals surface area contributed by atoms with Crippen molar-refractivity contribution in [1.82, 2.24) is 4.90 Å². The normalized spacial score (nSPS) is 37.2. The highest BCUT2D eigenvalue weighted by Gasteiger charge is 2.36. The van der Waals surface area contributed by atoms with Gasteiger partial charge in [-0.3, -0.25) is 0 Å². The zero-order valence-corrected chi connectivity index (χ0v) is 11.2. The molecule has 2 atom stereocenters. The number of nitrogens with two attached hydrogens (primary N) is 1. The summed E-state index contributed by atoms with van der Waals surface area (Å²) in [5, 5.41) is 0. The number of rotatable bonds is 3. The summed E-state index contributed by atoms with van der Waals surface area (Å²) in [6, 6.07) is 0.925. The van der Waals surface area contributed by atoms with Gasteiger partial charge in [0.1, 0.15) is 0 Å². The monoisotopic (exact) mass is 236 g/mol. The fourth-order valence-electron chi connectivity index (χ4n) is 4.53. The van der Waals surface area contributed by atoms with E-state index in [2.05, 4.69) is 4.90 Å². The van der Waals surface area contributed by atoms with Gasteiger partial charge < -0.3 is 10.6 Å². The van der Waals surface area contributed by atoms with Crippen LogP contribution in [0.25, 0.3) is 0 Å². The van der Waals surface area contributed by atoms with Crippen molar-refractivity contribution < 1.29 is 0 Å². The quantitative estimate of drug-likeness (QED) is 0.816. The molecule has 0 aromatic carbocycles. The van der Waals surface area contributed by atoms with Crippen LogP contribution < -0.4 is 5.73 Å². The minimum atomic E-state index is 0.200. The van der Waals surface area contributed by atoms with E-state index in [1.807, 2.05) is 0 Å². The second-order valence-corrected chi connectivity index (χ2v) is 6.76. The molecule has 0 aromatic rings. The molecular weight excluding hydrogens is 208 g/mol. The van der Waals surface area contributed by atoms with Gasteiger partial charge in [-0.15, -0.1) is 0 Å². The molecule has 2 aliphatic carbocycles. The first-order valence-corrected chi connectivity index (χ1v) is 7.80. The SMILES string of the molecule is NC1(CCN2CCCC3CCCC32)CCCC1. The minimum Gasteiger partial charge on any atom is -0.325 e. The molecule has 0 amide bonds. The minimum absolute atomic E-state index is 0.200. The fourth-order valence-corrected chi connectivity index (χ4v) is 4.53. The Bertz CT molecular complexity index is 258. The van der Waals surface area contributed by atoms with E-state index in [9.17, 15) is 0 Å². The first-order chi connectivity index (χ1) is 8.27. The van der Waals surface area contributed by atoms with Crippen molar-refractivity contribution in [3.8, 4) is 0 Å². The zero-order valence-electron chi connectivity index (χ0n) is 11.2. The summed E-state index contributed by atoms with van der Waals surface area (Å²) in [5.41, 5.74) is 6.69. The number of piperidine rings is 1. The van der Waals surface area contributed by atoms with Gasteiger partial charge in [0.25, 0.3) is 0 Å². The fraction of sp³-hybridized carbons (Fsp3) is 1.00. The Kier molecular flexibility index (Phi) is 3.45. The molecule has 2 unspecified atom stereocenters. The first-order valence-electron chi connectivity index (χ1n) is 7.80. The largest absolute Gasteiger partial charge is 0.325 e. The van der Waals surface area contributed by atoms with Gasteiger partial charge in [0.05, 0.1) is 0 Å². The summed E-state index contributed by atoms with van der Waals surface area (Å²) >= 11 is 0. The van der Waals surface area contributed by atoms with Crippen LogP contribution in [0.15, 0.2) is 0 Å². The van der Waals surface area contributed by atoms with Gasteiger partial charge in [-0.05, 0) is 57.4 Å². The smallest absolute Gasteiger partial charge is 0.0166 e. The van der Waals surface area contributed by atoms with Crippen molar-refractivity contribution >= 4 is 0 Å². The molecule has 1 heterocycles. The Balaban J connectivity index is 1.53. The van der Waals surface area contributed by atoms with Crippen LogP contribution in [0.5, 0.6) is 0 Å². The average molecular weight is 236 g/mol. The highest BCUT2D eigenvalue weighted by atomic mass is 15.2. The molecule has 17 heavy (non-hydrogen) atoms. The van der Waals surface area contributed by atoms with Crippen LogP contribution in [0.4, 0.5) is 0 Å². The van der Waals surface area contributed by atoms with Gasteiger partial charge in [-0.2, -0.15) is 0 Å². The Morgan fingerprint density at radius 1 is 1.00 bits per heavy atom. The number of nitrogens with zero attached hydrogens (tertiary/aromatic N) is 1.